The average Bonchev–Trinajstić information content (AvgIpc) is 3.62. The van der Waals surface area contributed by atoms with Gasteiger partial charge in [0, 0.05) is 43.7 Å². The molecule has 0 bridgehead atoms. The lowest BCUT2D eigenvalue weighted by molar-refractivity contribution is 0.669. The topological polar surface area (TPSA) is 23.0 Å². The molecule has 0 aliphatic heterocycles. The Bertz CT molecular complexity index is 2370. The van der Waals surface area contributed by atoms with E-state index in [1.165, 1.54) is 43.6 Å². The third kappa shape index (κ3) is 2.82. The molecule has 182 valence electrons. The number of nitrogens with zero attached hydrogens (tertiary/aromatic N) is 2. The van der Waals surface area contributed by atoms with E-state index >= 15 is 0 Å². The third-order valence-corrected chi connectivity index (χ3v) is 8.09. The molecule has 0 saturated carbocycles. The molecular formula is C36H22N2O. The van der Waals surface area contributed by atoms with Crippen molar-refractivity contribution in [2.24, 2.45) is 0 Å². The van der Waals surface area contributed by atoms with E-state index in [0.29, 0.717) is 0 Å². The van der Waals surface area contributed by atoms with Gasteiger partial charge in [-0.1, -0.05) is 72.8 Å². The van der Waals surface area contributed by atoms with Gasteiger partial charge in [-0.05, 0) is 60.7 Å². The molecule has 6 aromatic carbocycles. The summed E-state index contributed by atoms with van der Waals surface area (Å²) >= 11 is 0. The van der Waals surface area contributed by atoms with Gasteiger partial charge in [-0.3, -0.25) is 0 Å². The van der Waals surface area contributed by atoms with Gasteiger partial charge < -0.3 is 13.6 Å². The zero-order valence-corrected chi connectivity index (χ0v) is 21.0. The van der Waals surface area contributed by atoms with Crippen LogP contribution in [0.3, 0.4) is 0 Å². The summed E-state index contributed by atoms with van der Waals surface area (Å²) in [5.74, 6) is 0. The highest BCUT2D eigenvalue weighted by Gasteiger charge is 2.20. The van der Waals surface area contributed by atoms with Gasteiger partial charge in [0.25, 0.3) is 0 Å². The first-order chi connectivity index (χ1) is 19.3. The normalized spacial score (nSPS) is 12.1. The maximum atomic E-state index is 6.33. The Labute approximate surface area is 223 Å². The van der Waals surface area contributed by atoms with Gasteiger partial charge >= 0.3 is 0 Å². The number of rotatable bonds is 2. The molecule has 9 aromatic rings. The second kappa shape index (κ2) is 7.62. The van der Waals surface area contributed by atoms with Crippen LogP contribution < -0.4 is 0 Å². The molecule has 39 heavy (non-hydrogen) atoms. The summed E-state index contributed by atoms with van der Waals surface area (Å²) in [5, 5.41) is 7.20. The Morgan fingerprint density at radius 2 is 0.872 bits per heavy atom. The molecule has 0 atom stereocenters. The van der Waals surface area contributed by atoms with Crippen LogP contribution in [0.15, 0.2) is 138 Å². The summed E-state index contributed by atoms with van der Waals surface area (Å²) in [6, 6.07) is 47.6. The fraction of sp³-hybridized carbons (Fsp3) is 0. The molecule has 0 aliphatic carbocycles. The van der Waals surface area contributed by atoms with E-state index in [-0.39, 0.29) is 0 Å². The minimum Gasteiger partial charge on any atom is -0.456 e. The van der Waals surface area contributed by atoms with Crippen LogP contribution in [0.4, 0.5) is 0 Å². The van der Waals surface area contributed by atoms with Gasteiger partial charge in [0.2, 0.25) is 0 Å². The number of fused-ring (bicyclic) bond motifs is 9. The summed E-state index contributed by atoms with van der Waals surface area (Å²) in [7, 11) is 0. The van der Waals surface area contributed by atoms with Crippen molar-refractivity contribution >= 4 is 65.6 Å². The van der Waals surface area contributed by atoms with Crippen LogP contribution in [0.1, 0.15) is 0 Å². The highest BCUT2D eigenvalue weighted by atomic mass is 16.3. The van der Waals surface area contributed by atoms with E-state index in [2.05, 4.69) is 130 Å². The first kappa shape index (κ1) is 20.7. The van der Waals surface area contributed by atoms with E-state index in [4.69, 9.17) is 4.42 Å². The quantitative estimate of drug-likeness (QED) is 0.233. The number of aromatic nitrogens is 2. The second-order valence-corrected chi connectivity index (χ2v) is 10.2. The van der Waals surface area contributed by atoms with Crippen molar-refractivity contribution in [2.45, 2.75) is 0 Å². The minimum absolute atomic E-state index is 0.919. The van der Waals surface area contributed by atoms with E-state index < -0.39 is 0 Å². The van der Waals surface area contributed by atoms with Gasteiger partial charge in [-0.25, -0.2) is 0 Å². The first-order valence-corrected chi connectivity index (χ1v) is 13.3. The first-order valence-electron chi connectivity index (χ1n) is 13.3. The number of benzene rings is 6. The lowest BCUT2D eigenvalue weighted by atomic mass is 10.1. The van der Waals surface area contributed by atoms with Gasteiger partial charge in [-0.15, -0.1) is 0 Å². The van der Waals surface area contributed by atoms with Gasteiger partial charge in [0.05, 0.1) is 22.1 Å². The zero-order chi connectivity index (χ0) is 25.5. The summed E-state index contributed by atoms with van der Waals surface area (Å²) in [5.41, 5.74) is 8.91. The van der Waals surface area contributed by atoms with Crippen molar-refractivity contribution in [3.8, 4) is 11.4 Å². The molecule has 0 aliphatic rings. The Kier molecular flexibility index (Phi) is 4.05. The molecule has 0 saturated heterocycles. The molecule has 3 heterocycles. The lowest BCUT2D eigenvalue weighted by Crippen LogP contribution is -1.95. The smallest absolute Gasteiger partial charge is 0.136 e. The second-order valence-electron chi connectivity index (χ2n) is 10.2. The summed E-state index contributed by atoms with van der Waals surface area (Å²) in [6.45, 7) is 0. The standard InChI is InChI=1S/C36H22N2O/c1-3-11-23(12-4-1)37-31-17-9-7-15-25(31)27-19-28-29-21-36-30(26-16-8-10-18-35(26)39-36)20-32(29)38(34(28)22-33(27)37)24-13-5-2-6-14-24/h1-22H. The molecule has 0 unspecified atom stereocenters. The van der Waals surface area contributed by atoms with Crippen molar-refractivity contribution in [1.82, 2.24) is 9.13 Å². The molecule has 3 aromatic heterocycles. The maximum absolute atomic E-state index is 6.33. The molecule has 0 amide bonds. The number of hydrogen-bond acceptors (Lipinski definition) is 1. The summed E-state index contributed by atoms with van der Waals surface area (Å²) in [6.07, 6.45) is 0. The van der Waals surface area contributed by atoms with Crippen LogP contribution in [-0.2, 0) is 0 Å². The Morgan fingerprint density at radius 1 is 0.333 bits per heavy atom. The monoisotopic (exact) mass is 498 g/mol. The minimum atomic E-state index is 0.919. The van der Waals surface area contributed by atoms with Crippen molar-refractivity contribution in [3.05, 3.63) is 133 Å². The predicted octanol–water partition coefficient (Wildman–Crippen LogP) is 9.78. The van der Waals surface area contributed by atoms with Crippen molar-refractivity contribution in [2.75, 3.05) is 0 Å². The van der Waals surface area contributed by atoms with Gasteiger partial charge in [0.15, 0.2) is 0 Å². The summed E-state index contributed by atoms with van der Waals surface area (Å²) < 4.78 is 11.1. The zero-order valence-electron chi connectivity index (χ0n) is 21.0. The van der Waals surface area contributed by atoms with Crippen LogP contribution in [0.5, 0.6) is 0 Å². The molecule has 3 nitrogen and oxygen atoms in total. The van der Waals surface area contributed by atoms with Gasteiger partial charge in [0.1, 0.15) is 11.2 Å². The van der Waals surface area contributed by atoms with Crippen molar-refractivity contribution in [1.29, 1.82) is 0 Å². The van der Waals surface area contributed by atoms with Gasteiger partial charge in [-0.2, -0.15) is 0 Å². The van der Waals surface area contributed by atoms with E-state index in [0.717, 1.165) is 33.3 Å². The fourth-order valence-electron chi connectivity index (χ4n) is 6.41. The van der Waals surface area contributed by atoms with Crippen molar-refractivity contribution in [3.63, 3.8) is 0 Å². The highest BCUT2D eigenvalue weighted by Crippen LogP contribution is 2.42. The van der Waals surface area contributed by atoms with Crippen LogP contribution in [0, 0.1) is 0 Å². The fourth-order valence-corrected chi connectivity index (χ4v) is 6.41. The molecule has 0 fully saturated rings. The number of furan rings is 1. The molecule has 9 rings (SSSR count). The SMILES string of the molecule is c1ccc(-n2c3ccccc3c3cc4c5cc6oc7ccccc7c6cc5n(-c5ccccc5)c4cc32)cc1. The Hall–Kier alpha value is -5.28. The molecule has 0 N–H and O–H groups in total. The largest absolute Gasteiger partial charge is 0.456 e. The predicted molar refractivity (Wildman–Crippen MR) is 162 cm³/mol. The van der Waals surface area contributed by atoms with E-state index in [1.807, 2.05) is 12.1 Å². The van der Waals surface area contributed by atoms with Crippen LogP contribution >= 0.6 is 0 Å². The Balaban J connectivity index is 1.50. The average molecular weight is 499 g/mol. The van der Waals surface area contributed by atoms with Crippen LogP contribution in [-0.4, -0.2) is 9.13 Å². The maximum Gasteiger partial charge on any atom is 0.136 e. The Morgan fingerprint density at radius 3 is 1.62 bits per heavy atom. The van der Waals surface area contributed by atoms with Crippen molar-refractivity contribution < 1.29 is 4.42 Å². The molecule has 0 radical (unpaired) electrons. The highest BCUT2D eigenvalue weighted by molar-refractivity contribution is 6.22. The number of hydrogen-bond donors (Lipinski definition) is 0. The molecule has 0 spiro atoms. The molecular weight excluding hydrogens is 476 g/mol. The van der Waals surface area contributed by atoms with E-state index in [1.54, 1.807) is 0 Å². The summed E-state index contributed by atoms with van der Waals surface area (Å²) in [4.78, 5) is 0. The van der Waals surface area contributed by atoms with Crippen LogP contribution in [0.2, 0.25) is 0 Å². The lowest BCUT2D eigenvalue weighted by Gasteiger charge is -2.10. The molecule has 3 heteroatoms. The third-order valence-electron chi connectivity index (χ3n) is 8.09. The van der Waals surface area contributed by atoms with E-state index in [9.17, 15) is 0 Å². The van der Waals surface area contributed by atoms with Crippen LogP contribution in [0.25, 0.3) is 76.9 Å². The number of para-hydroxylation sites is 4.